The molecule has 2 N–H and O–H groups in total. The summed E-state index contributed by atoms with van der Waals surface area (Å²) < 4.78 is 46.5. The van der Waals surface area contributed by atoms with Crippen molar-refractivity contribution in [2.45, 2.75) is 19.2 Å². The van der Waals surface area contributed by atoms with Gasteiger partial charge >= 0.3 is 12.1 Å². The van der Waals surface area contributed by atoms with Gasteiger partial charge in [-0.1, -0.05) is 6.07 Å². The van der Waals surface area contributed by atoms with Crippen molar-refractivity contribution in [3.8, 4) is 5.75 Å². The van der Waals surface area contributed by atoms with Crippen LogP contribution in [0, 0.1) is 0 Å². The molecule has 10 heteroatoms. The standard InChI is InChI=1S/C19H16F3N3O4/c20-19(21,22)17-14(15-3-1-2-10-25(15)24-17)11-29-13-6-4-12(5-7-13)18(28)23-9-8-16(26)27/h1-7,10H,8-9,11H2,(H,23,28)(H,26,27). The summed E-state index contributed by atoms with van der Waals surface area (Å²) in [5.41, 5.74) is -0.546. The van der Waals surface area contributed by atoms with E-state index in [2.05, 4.69) is 10.4 Å². The Balaban J connectivity index is 1.71. The topological polar surface area (TPSA) is 92.9 Å². The lowest BCUT2D eigenvalue weighted by molar-refractivity contribution is -0.142. The number of hydrogen-bond acceptors (Lipinski definition) is 4. The fourth-order valence-corrected chi connectivity index (χ4v) is 2.66. The Hall–Kier alpha value is -3.56. The maximum absolute atomic E-state index is 13.3. The Bertz CT molecular complexity index is 1030. The van der Waals surface area contributed by atoms with Gasteiger partial charge in [-0.2, -0.15) is 18.3 Å². The number of amides is 1. The first kappa shape index (κ1) is 20.2. The van der Waals surface area contributed by atoms with Crippen molar-refractivity contribution in [1.29, 1.82) is 0 Å². The molecule has 0 atom stereocenters. The number of aromatic nitrogens is 2. The van der Waals surface area contributed by atoms with Gasteiger partial charge in [0.05, 0.1) is 11.9 Å². The summed E-state index contributed by atoms with van der Waals surface area (Å²) in [6.45, 7) is -0.367. The smallest absolute Gasteiger partial charge is 0.435 e. The maximum atomic E-state index is 13.3. The van der Waals surface area contributed by atoms with Crippen LogP contribution in [0.25, 0.3) is 5.52 Å². The van der Waals surface area contributed by atoms with E-state index in [9.17, 15) is 22.8 Å². The molecule has 1 aromatic carbocycles. The van der Waals surface area contributed by atoms with Crippen LogP contribution in [0.4, 0.5) is 13.2 Å². The van der Waals surface area contributed by atoms with Gasteiger partial charge in [0.1, 0.15) is 12.4 Å². The minimum Gasteiger partial charge on any atom is -0.489 e. The van der Waals surface area contributed by atoms with Crippen LogP contribution < -0.4 is 10.1 Å². The van der Waals surface area contributed by atoms with Gasteiger partial charge in [-0.05, 0) is 36.4 Å². The van der Waals surface area contributed by atoms with Crippen LogP contribution in [0.15, 0.2) is 48.7 Å². The predicted octanol–water partition coefficient (Wildman–Crippen LogP) is 3.14. The molecule has 1 amide bonds. The van der Waals surface area contributed by atoms with E-state index in [0.29, 0.717) is 0 Å². The van der Waals surface area contributed by atoms with Gasteiger partial charge in [-0.25, -0.2) is 4.52 Å². The lowest BCUT2D eigenvalue weighted by atomic mass is 10.2. The molecular weight excluding hydrogens is 391 g/mol. The van der Waals surface area contributed by atoms with Crippen LogP contribution in [0.2, 0.25) is 0 Å². The van der Waals surface area contributed by atoms with Gasteiger partial charge in [-0.3, -0.25) is 9.59 Å². The van der Waals surface area contributed by atoms with Crippen molar-refractivity contribution in [2.75, 3.05) is 6.54 Å². The van der Waals surface area contributed by atoms with Crippen molar-refractivity contribution >= 4 is 17.4 Å². The average Bonchev–Trinajstić information content (AvgIpc) is 3.05. The van der Waals surface area contributed by atoms with E-state index < -0.39 is 23.7 Å². The summed E-state index contributed by atoms with van der Waals surface area (Å²) >= 11 is 0. The third kappa shape index (κ3) is 4.84. The van der Waals surface area contributed by atoms with Crippen molar-refractivity contribution in [3.05, 3.63) is 65.5 Å². The molecule has 0 fully saturated rings. The zero-order valence-electron chi connectivity index (χ0n) is 14.9. The van der Waals surface area contributed by atoms with Crippen LogP contribution in [-0.2, 0) is 17.6 Å². The minimum atomic E-state index is -4.62. The molecule has 0 unspecified atom stereocenters. The van der Waals surface area contributed by atoms with Gasteiger partial charge in [0.25, 0.3) is 5.91 Å². The summed E-state index contributed by atoms with van der Waals surface area (Å²) in [7, 11) is 0. The fourth-order valence-electron chi connectivity index (χ4n) is 2.66. The molecule has 0 aliphatic carbocycles. The highest BCUT2D eigenvalue weighted by atomic mass is 19.4. The third-order valence-corrected chi connectivity index (χ3v) is 4.03. The van der Waals surface area contributed by atoms with Crippen LogP contribution in [0.1, 0.15) is 28.0 Å². The van der Waals surface area contributed by atoms with E-state index >= 15 is 0 Å². The van der Waals surface area contributed by atoms with E-state index in [1.165, 1.54) is 36.5 Å². The van der Waals surface area contributed by atoms with E-state index in [1.54, 1.807) is 12.1 Å². The first-order chi connectivity index (χ1) is 13.8. The molecule has 3 aromatic rings. The number of aliphatic carboxylic acids is 1. The Morgan fingerprint density at radius 2 is 1.86 bits per heavy atom. The van der Waals surface area contributed by atoms with Crippen molar-refractivity contribution in [2.24, 2.45) is 0 Å². The maximum Gasteiger partial charge on any atom is 0.435 e. The number of alkyl halides is 3. The molecule has 0 aliphatic heterocycles. The van der Waals surface area contributed by atoms with E-state index in [-0.39, 0.29) is 42.0 Å². The highest BCUT2D eigenvalue weighted by Gasteiger charge is 2.38. The number of carbonyl (C=O) groups is 2. The number of nitrogens with one attached hydrogen (secondary N) is 1. The van der Waals surface area contributed by atoms with E-state index in [1.807, 2.05) is 0 Å². The highest BCUT2D eigenvalue weighted by molar-refractivity contribution is 5.94. The number of pyridine rings is 1. The molecular formula is C19H16F3N3O4. The fraction of sp³-hybridized carbons (Fsp3) is 0.211. The summed E-state index contributed by atoms with van der Waals surface area (Å²) in [4.78, 5) is 22.4. The molecule has 0 spiro atoms. The number of carboxylic acids is 1. The second kappa shape index (κ2) is 8.21. The van der Waals surface area contributed by atoms with Crippen LogP contribution in [-0.4, -0.2) is 33.1 Å². The number of benzene rings is 1. The number of fused-ring (bicyclic) bond motifs is 1. The Labute approximate surface area is 162 Å². The molecule has 0 aliphatic rings. The first-order valence-electron chi connectivity index (χ1n) is 8.52. The van der Waals surface area contributed by atoms with Crippen LogP contribution >= 0.6 is 0 Å². The first-order valence-corrected chi connectivity index (χ1v) is 8.52. The molecule has 29 heavy (non-hydrogen) atoms. The van der Waals surface area contributed by atoms with Crippen molar-refractivity contribution < 1.29 is 32.6 Å². The summed E-state index contributed by atoms with van der Waals surface area (Å²) in [5.74, 6) is -1.21. The SMILES string of the molecule is O=C(O)CCNC(=O)c1ccc(OCc2c(C(F)(F)F)nn3ccccc23)cc1. The Kier molecular flexibility index (Phi) is 5.71. The monoisotopic (exact) mass is 407 g/mol. The zero-order chi connectivity index (χ0) is 21.0. The summed E-state index contributed by atoms with van der Waals surface area (Å²) in [6.07, 6.45) is -3.40. The Morgan fingerprint density at radius 1 is 1.14 bits per heavy atom. The van der Waals surface area contributed by atoms with Gasteiger partial charge in [0.2, 0.25) is 0 Å². The molecule has 0 radical (unpaired) electrons. The quantitative estimate of drug-likeness (QED) is 0.628. The largest absolute Gasteiger partial charge is 0.489 e. The molecule has 7 nitrogen and oxygen atoms in total. The number of halogens is 3. The van der Waals surface area contributed by atoms with Gasteiger partial charge in [0.15, 0.2) is 5.69 Å². The number of ether oxygens (including phenoxy) is 1. The summed E-state index contributed by atoms with van der Waals surface area (Å²) in [6, 6.07) is 10.5. The van der Waals surface area contributed by atoms with Crippen molar-refractivity contribution in [1.82, 2.24) is 14.9 Å². The molecule has 2 heterocycles. The molecule has 0 bridgehead atoms. The number of carbonyl (C=O) groups excluding carboxylic acids is 1. The number of rotatable bonds is 7. The highest BCUT2D eigenvalue weighted by Crippen LogP contribution is 2.33. The second-order valence-electron chi connectivity index (χ2n) is 6.07. The minimum absolute atomic E-state index is 0.0125. The zero-order valence-corrected chi connectivity index (χ0v) is 14.9. The normalized spacial score (nSPS) is 11.4. The molecule has 3 rings (SSSR count). The molecule has 152 valence electrons. The lowest BCUT2D eigenvalue weighted by Crippen LogP contribution is -2.25. The molecule has 0 saturated heterocycles. The van der Waals surface area contributed by atoms with Crippen LogP contribution in [0.3, 0.4) is 0 Å². The van der Waals surface area contributed by atoms with E-state index in [0.717, 1.165) is 4.52 Å². The van der Waals surface area contributed by atoms with Gasteiger partial charge in [-0.15, -0.1) is 0 Å². The molecule has 2 aromatic heterocycles. The number of nitrogens with zero attached hydrogens (tertiary/aromatic N) is 2. The lowest BCUT2D eigenvalue weighted by Gasteiger charge is -2.09. The summed E-state index contributed by atoms with van der Waals surface area (Å²) in [5, 5.41) is 14.6. The van der Waals surface area contributed by atoms with Crippen molar-refractivity contribution in [3.63, 3.8) is 0 Å². The van der Waals surface area contributed by atoms with Crippen LogP contribution in [0.5, 0.6) is 5.75 Å². The second-order valence-corrected chi connectivity index (χ2v) is 6.07. The average molecular weight is 407 g/mol. The Morgan fingerprint density at radius 3 is 2.52 bits per heavy atom. The third-order valence-electron chi connectivity index (χ3n) is 4.03. The number of carboxylic acid groups (broad SMARTS) is 1. The number of hydrogen-bond donors (Lipinski definition) is 2. The molecule has 0 saturated carbocycles. The van der Waals surface area contributed by atoms with Gasteiger partial charge < -0.3 is 15.2 Å². The van der Waals surface area contributed by atoms with E-state index in [4.69, 9.17) is 9.84 Å². The van der Waals surface area contributed by atoms with Gasteiger partial charge in [0, 0.05) is 23.9 Å². The predicted molar refractivity (Wildman–Crippen MR) is 95.6 cm³/mol.